The van der Waals surface area contributed by atoms with Crippen molar-refractivity contribution in [1.82, 2.24) is 0 Å². The first-order chi connectivity index (χ1) is 22.4. The lowest BCUT2D eigenvalue weighted by molar-refractivity contribution is -0.122. The minimum atomic E-state index is -0.904. The van der Waals surface area contributed by atoms with E-state index in [-0.39, 0.29) is 34.8 Å². The van der Waals surface area contributed by atoms with Gasteiger partial charge < -0.3 is 4.74 Å². The van der Waals surface area contributed by atoms with Crippen LogP contribution in [0.25, 0.3) is 11.1 Å². The highest BCUT2D eigenvalue weighted by atomic mass is 79.9. The lowest BCUT2D eigenvalue weighted by atomic mass is 9.55. The molecule has 9 rings (SSSR count). The number of carbonyl (C=O) groups excluding carboxylic acids is 4. The van der Waals surface area contributed by atoms with E-state index in [2.05, 4.69) is 15.9 Å². The monoisotopic (exact) mass is 667 g/mol. The van der Waals surface area contributed by atoms with Crippen LogP contribution in [0.5, 0.6) is 0 Å². The number of esters is 1. The number of amides is 2. The van der Waals surface area contributed by atoms with Crippen molar-refractivity contribution in [2.24, 2.45) is 11.8 Å². The van der Waals surface area contributed by atoms with Gasteiger partial charge in [0.1, 0.15) is 0 Å². The van der Waals surface area contributed by atoms with Crippen molar-refractivity contribution >= 4 is 45.2 Å². The van der Waals surface area contributed by atoms with Gasteiger partial charge in [-0.1, -0.05) is 131 Å². The van der Waals surface area contributed by atoms with Crippen molar-refractivity contribution in [3.05, 3.63) is 161 Å². The summed E-state index contributed by atoms with van der Waals surface area (Å²) in [5.74, 6) is -3.55. The lowest BCUT2D eigenvalue weighted by Crippen LogP contribution is -2.50. The van der Waals surface area contributed by atoms with Crippen molar-refractivity contribution in [3.8, 4) is 11.1 Å². The van der Waals surface area contributed by atoms with E-state index in [9.17, 15) is 19.2 Å². The SMILES string of the molecule is O=C(COC(=O)c1ccccc1N1C(=O)[C@@H]2C3c4ccccc4C(Br)(c4ccccc43)[C@@H]2C1=O)c1ccc(-c2ccccc2)cc1. The summed E-state index contributed by atoms with van der Waals surface area (Å²) in [5.41, 5.74) is 6.59. The minimum absolute atomic E-state index is 0.0427. The van der Waals surface area contributed by atoms with Crippen LogP contribution in [0.3, 0.4) is 0 Å². The number of alkyl halides is 1. The molecule has 0 spiro atoms. The summed E-state index contributed by atoms with van der Waals surface area (Å²) in [6, 6.07) is 39.2. The molecule has 0 unspecified atom stereocenters. The number of nitrogens with zero attached hydrogens (tertiary/aromatic N) is 1. The van der Waals surface area contributed by atoms with Crippen LogP contribution in [0.1, 0.15) is 48.9 Å². The molecule has 3 aliphatic carbocycles. The van der Waals surface area contributed by atoms with Gasteiger partial charge in [-0.15, -0.1) is 0 Å². The Labute approximate surface area is 273 Å². The molecule has 0 saturated carbocycles. The molecule has 1 fully saturated rings. The molecule has 7 heteroatoms. The number of benzene rings is 5. The highest BCUT2D eigenvalue weighted by molar-refractivity contribution is 9.09. The zero-order valence-corrected chi connectivity index (χ0v) is 26.0. The molecule has 224 valence electrons. The molecule has 1 heterocycles. The number of Topliss-reactive ketones (excluding diaryl/α,β-unsaturated/α-hetero) is 1. The second-order valence-corrected chi connectivity index (χ2v) is 13.1. The Morgan fingerprint density at radius 1 is 0.674 bits per heavy atom. The number of imide groups is 1. The molecular formula is C39H26BrNO5. The number of ketones is 1. The van der Waals surface area contributed by atoms with E-state index in [1.54, 1.807) is 30.3 Å². The number of halogens is 1. The third-order valence-electron chi connectivity index (χ3n) is 9.53. The standard InChI is InChI=1S/C39H26BrNO5/c40-39-29-15-7-4-12-26(29)33(27-13-5-8-16-30(27)39)34-35(39)37(44)41(36(34)43)31-17-9-6-14-28(31)38(45)46-22-32(42)25-20-18-24(19-21-25)23-10-2-1-3-11-23/h1-21,33-35H,22H2/t33?,34-,35+,39?/m1/s1. The van der Waals surface area contributed by atoms with Gasteiger partial charge in [0.15, 0.2) is 12.4 Å². The van der Waals surface area contributed by atoms with Gasteiger partial charge in [0, 0.05) is 11.5 Å². The van der Waals surface area contributed by atoms with E-state index in [1.807, 2.05) is 91.0 Å². The third kappa shape index (κ3) is 4.08. The summed E-state index contributed by atoms with van der Waals surface area (Å²) in [5, 5.41) is 0. The highest BCUT2D eigenvalue weighted by Crippen LogP contribution is 2.66. The maximum atomic E-state index is 14.4. The first kappa shape index (κ1) is 28.3. The van der Waals surface area contributed by atoms with E-state index in [0.29, 0.717) is 5.56 Å². The predicted octanol–water partition coefficient (Wildman–Crippen LogP) is 7.30. The van der Waals surface area contributed by atoms with Gasteiger partial charge in [-0.25, -0.2) is 9.69 Å². The van der Waals surface area contributed by atoms with Gasteiger partial charge in [-0.3, -0.25) is 14.4 Å². The number of ether oxygens (including phenoxy) is 1. The Hall–Kier alpha value is -5.14. The van der Waals surface area contributed by atoms with Crippen LogP contribution in [0.15, 0.2) is 127 Å². The topological polar surface area (TPSA) is 80.8 Å². The molecule has 1 saturated heterocycles. The van der Waals surface area contributed by atoms with Crippen molar-refractivity contribution in [3.63, 3.8) is 0 Å². The van der Waals surface area contributed by atoms with E-state index in [0.717, 1.165) is 38.3 Å². The average molecular weight is 669 g/mol. The Morgan fingerprint density at radius 2 is 1.24 bits per heavy atom. The third-order valence-corrected chi connectivity index (χ3v) is 10.9. The van der Waals surface area contributed by atoms with Crippen LogP contribution in [-0.4, -0.2) is 30.2 Å². The number of rotatable bonds is 6. The molecule has 5 aromatic rings. The molecule has 5 aromatic carbocycles. The molecule has 6 nitrogen and oxygen atoms in total. The fraction of sp³-hybridized carbons (Fsp3) is 0.128. The Morgan fingerprint density at radius 3 is 1.91 bits per heavy atom. The van der Waals surface area contributed by atoms with Gasteiger partial charge in [0.2, 0.25) is 11.8 Å². The van der Waals surface area contributed by atoms with Gasteiger partial charge in [0.25, 0.3) is 0 Å². The second kappa shape index (κ2) is 10.7. The molecule has 46 heavy (non-hydrogen) atoms. The van der Waals surface area contributed by atoms with E-state index < -0.39 is 28.7 Å². The van der Waals surface area contributed by atoms with Crippen LogP contribution in [-0.2, 0) is 18.7 Å². The lowest BCUT2D eigenvalue weighted by Gasteiger charge is -2.51. The summed E-state index contributed by atoms with van der Waals surface area (Å²) in [7, 11) is 0. The first-order valence-electron chi connectivity index (χ1n) is 15.1. The Kier molecular flexibility index (Phi) is 6.62. The van der Waals surface area contributed by atoms with Crippen molar-refractivity contribution in [2.45, 2.75) is 10.2 Å². The normalized spacial score (nSPS) is 22.2. The van der Waals surface area contributed by atoms with Gasteiger partial charge in [-0.05, 0) is 45.5 Å². The Balaban J connectivity index is 1.07. The van der Waals surface area contributed by atoms with E-state index >= 15 is 0 Å². The van der Waals surface area contributed by atoms with Gasteiger partial charge in [-0.2, -0.15) is 0 Å². The van der Waals surface area contributed by atoms with Crippen LogP contribution in [0.2, 0.25) is 0 Å². The number of hydrogen-bond donors (Lipinski definition) is 0. The maximum Gasteiger partial charge on any atom is 0.340 e. The summed E-state index contributed by atoms with van der Waals surface area (Å²) in [6.45, 7) is -0.484. The maximum absolute atomic E-state index is 14.4. The summed E-state index contributed by atoms with van der Waals surface area (Å²) >= 11 is 4.00. The molecule has 0 radical (unpaired) electrons. The molecule has 2 atom stereocenters. The molecule has 0 N–H and O–H groups in total. The van der Waals surface area contributed by atoms with Crippen molar-refractivity contribution < 1.29 is 23.9 Å². The number of hydrogen-bond acceptors (Lipinski definition) is 5. The first-order valence-corrected chi connectivity index (χ1v) is 15.9. The largest absolute Gasteiger partial charge is 0.454 e. The molecular weight excluding hydrogens is 642 g/mol. The molecule has 0 aromatic heterocycles. The number of carbonyl (C=O) groups is 4. The zero-order valence-electron chi connectivity index (χ0n) is 24.4. The Bertz CT molecular complexity index is 2020. The van der Waals surface area contributed by atoms with E-state index in [1.165, 1.54) is 6.07 Å². The summed E-state index contributed by atoms with van der Waals surface area (Å²) < 4.78 is 4.57. The van der Waals surface area contributed by atoms with Gasteiger partial charge in [0.05, 0.1) is 27.4 Å². The van der Waals surface area contributed by atoms with Crippen LogP contribution < -0.4 is 4.90 Å². The molecule has 2 amide bonds. The van der Waals surface area contributed by atoms with Crippen LogP contribution >= 0.6 is 15.9 Å². The van der Waals surface area contributed by atoms with E-state index in [4.69, 9.17) is 4.74 Å². The van der Waals surface area contributed by atoms with Crippen LogP contribution in [0, 0.1) is 11.8 Å². The zero-order chi connectivity index (χ0) is 31.6. The highest BCUT2D eigenvalue weighted by Gasteiger charge is 2.67. The smallest absolute Gasteiger partial charge is 0.340 e. The quantitative estimate of drug-likeness (QED) is 0.0822. The number of anilines is 1. The molecule has 4 aliphatic rings. The van der Waals surface area contributed by atoms with Crippen LogP contribution in [0.4, 0.5) is 5.69 Å². The molecule has 2 bridgehead atoms. The average Bonchev–Trinajstić information content (AvgIpc) is 3.38. The summed E-state index contributed by atoms with van der Waals surface area (Å²) in [6.07, 6.45) is 0. The number of para-hydroxylation sites is 1. The molecule has 1 aliphatic heterocycles. The summed E-state index contributed by atoms with van der Waals surface area (Å²) in [4.78, 5) is 56.3. The predicted molar refractivity (Wildman–Crippen MR) is 177 cm³/mol. The fourth-order valence-electron chi connectivity index (χ4n) is 7.53. The fourth-order valence-corrected chi connectivity index (χ4v) is 8.73. The van der Waals surface area contributed by atoms with Crippen molar-refractivity contribution in [2.75, 3.05) is 11.5 Å². The van der Waals surface area contributed by atoms with Gasteiger partial charge >= 0.3 is 5.97 Å². The minimum Gasteiger partial charge on any atom is -0.454 e. The van der Waals surface area contributed by atoms with Crippen molar-refractivity contribution in [1.29, 1.82) is 0 Å². The second-order valence-electron chi connectivity index (χ2n) is 11.8.